The number of benzene rings is 2. The number of para-hydroxylation sites is 1. The predicted octanol–water partition coefficient (Wildman–Crippen LogP) is 3.69. The molecule has 0 radical (unpaired) electrons. The van der Waals surface area contributed by atoms with Gasteiger partial charge in [0.1, 0.15) is 0 Å². The van der Waals surface area contributed by atoms with E-state index in [2.05, 4.69) is 5.10 Å². The van der Waals surface area contributed by atoms with Crippen LogP contribution in [0.25, 0.3) is 5.69 Å². The van der Waals surface area contributed by atoms with Crippen LogP contribution in [0.5, 0.6) is 0 Å². The molecule has 1 aliphatic rings. The van der Waals surface area contributed by atoms with Crippen LogP contribution < -0.4 is 0 Å². The van der Waals surface area contributed by atoms with Crippen molar-refractivity contribution in [2.24, 2.45) is 0 Å². The monoisotopic (exact) mass is 498 g/mol. The highest BCUT2D eigenvalue weighted by Crippen LogP contribution is 2.30. The minimum absolute atomic E-state index is 0.0216. The zero-order chi connectivity index (χ0) is 23.8. The normalized spacial score (nSPS) is 15.6. The molecule has 0 unspecified atom stereocenters. The summed E-state index contributed by atoms with van der Waals surface area (Å²) in [7, 11) is -3.98. The maximum absolute atomic E-state index is 12.9. The lowest BCUT2D eigenvalue weighted by atomic mass is 10.2. The summed E-state index contributed by atoms with van der Waals surface area (Å²) < 4.78 is 66.5. The van der Waals surface area contributed by atoms with Crippen LogP contribution in [0, 0.1) is 0 Å². The van der Waals surface area contributed by atoms with Gasteiger partial charge in [-0.15, -0.1) is 0 Å². The Kier molecular flexibility index (Phi) is 6.21. The fraction of sp³-hybridized carbons (Fsp3) is 0.238. The van der Waals surface area contributed by atoms with Crippen LogP contribution in [0.1, 0.15) is 15.9 Å². The van der Waals surface area contributed by atoms with Gasteiger partial charge in [0.05, 0.1) is 32.9 Å². The van der Waals surface area contributed by atoms with E-state index in [1.165, 1.54) is 15.8 Å². The van der Waals surface area contributed by atoms with Gasteiger partial charge < -0.3 is 4.90 Å². The molecule has 0 saturated carbocycles. The average molecular weight is 499 g/mol. The predicted molar refractivity (Wildman–Crippen MR) is 115 cm³/mol. The largest absolute Gasteiger partial charge is 0.416 e. The second-order valence-electron chi connectivity index (χ2n) is 7.34. The van der Waals surface area contributed by atoms with Crippen LogP contribution in [0.4, 0.5) is 13.2 Å². The summed E-state index contributed by atoms with van der Waals surface area (Å²) in [4.78, 5) is 14.1. The lowest BCUT2D eigenvalue weighted by Gasteiger charge is -2.33. The third kappa shape index (κ3) is 4.75. The Morgan fingerprint density at radius 1 is 0.970 bits per heavy atom. The molecular weight excluding hydrogens is 481 g/mol. The summed E-state index contributed by atoms with van der Waals surface area (Å²) in [5.41, 5.74) is 0.0221. The van der Waals surface area contributed by atoms with E-state index in [4.69, 9.17) is 11.6 Å². The first kappa shape index (κ1) is 23.3. The number of hydrogen-bond acceptors (Lipinski definition) is 4. The summed E-state index contributed by atoms with van der Waals surface area (Å²) in [6.45, 7) is 0.313. The van der Waals surface area contributed by atoms with Gasteiger partial charge in [0, 0.05) is 32.4 Å². The van der Waals surface area contributed by atoms with Gasteiger partial charge in [0.25, 0.3) is 5.91 Å². The molecule has 1 aliphatic heterocycles. The molecule has 2 heterocycles. The van der Waals surface area contributed by atoms with E-state index < -0.39 is 21.8 Å². The maximum Gasteiger partial charge on any atom is 0.416 e. The Labute approximate surface area is 193 Å². The second-order valence-corrected chi connectivity index (χ2v) is 9.69. The van der Waals surface area contributed by atoms with Gasteiger partial charge in [0.2, 0.25) is 10.0 Å². The van der Waals surface area contributed by atoms with Crippen LogP contribution in [0.2, 0.25) is 5.02 Å². The van der Waals surface area contributed by atoms with E-state index in [1.54, 1.807) is 30.5 Å². The number of piperazine rings is 1. The van der Waals surface area contributed by atoms with Crippen molar-refractivity contribution < 1.29 is 26.4 Å². The topological polar surface area (TPSA) is 75.5 Å². The first-order valence-corrected chi connectivity index (χ1v) is 11.7. The molecule has 0 N–H and O–H groups in total. The maximum atomic E-state index is 12.9. The summed E-state index contributed by atoms with van der Waals surface area (Å²) >= 11 is 6.16. The quantitative estimate of drug-likeness (QED) is 0.550. The molecule has 1 fully saturated rings. The highest BCUT2D eigenvalue weighted by atomic mass is 35.5. The molecule has 174 valence electrons. The average Bonchev–Trinajstić information content (AvgIpc) is 3.28. The van der Waals surface area contributed by atoms with Gasteiger partial charge in [-0.05, 0) is 36.4 Å². The van der Waals surface area contributed by atoms with Gasteiger partial charge >= 0.3 is 6.18 Å². The minimum atomic E-state index is -4.55. The number of halogens is 4. The number of sulfonamides is 1. The van der Waals surface area contributed by atoms with E-state index >= 15 is 0 Å². The highest BCUT2D eigenvalue weighted by Gasteiger charge is 2.33. The zero-order valence-corrected chi connectivity index (χ0v) is 18.6. The van der Waals surface area contributed by atoms with E-state index in [0.717, 1.165) is 28.6 Å². The Balaban J connectivity index is 1.42. The number of alkyl halides is 3. The Morgan fingerprint density at radius 3 is 2.21 bits per heavy atom. The van der Waals surface area contributed by atoms with Crippen molar-refractivity contribution >= 4 is 27.5 Å². The molecule has 7 nitrogen and oxygen atoms in total. The van der Waals surface area contributed by atoms with Gasteiger partial charge in [-0.3, -0.25) is 4.79 Å². The van der Waals surface area contributed by atoms with Gasteiger partial charge in [-0.25, -0.2) is 13.1 Å². The Hall–Kier alpha value is -2.89. The van der Waals surface area contributed by atoms with Crippen LogP contribution >= 0.6 is 11.6 Å². The molecule has 33 heavy (non-hydrogen) atoms. The van der Waals surface area contributed by atoms with Crippen LogP contribution in [-0.2, 0) is 16.2 Å². The SMILES string of the molecule is O=C(c1cnn(-c2ccccc2Cl)c1)N1CCN(S(=O)(=O)c2ccc(C(F)(F)F)cc2)CC1. The smallest absolute Gasteiger partial charge is 0.336 e. The molecule has 0 bridgehead atoms. The van der Waals surface area contributed by atoms with Crippen molar-refractivity contribution in [2.45, 2.75) is 11.1 Å². The molecule has 1 saturated heterocycles. The molecule has 0 aliphatic carbocycles. The molecular formula is C21H18ClF3N4O3S. The summed E-state index contributed by atoms with van der Waals surface area (Å²) in [5, 5.41) is 4.65. The fourth-order valence-electron chi connectivity index (χ4n) is 3.48. The van der Waals surface area contributed by atoms with Crippen molar-refractivity contribution in [3.8, 4) is 5.69 Å². The van der Waals surface area contributed by atoms with Gasteiger partial charge in [0.15, 0.2) is 0 Å². The summed E-state index contributed by atoms with van der Waals surface area (Å²) in [5.74, 6) is -0.306. The Bertz CT molecular complexity index is 1270. The zero-order valence-electron chi connectivity index (χ0n) is 17.0. The van der Waals surface area contributed by atoms with E-state index in [0.29, 0.717) is 16.3 Å². The third-order valence-electron chi connectivity index (χ3n) is 5.27. The van der Waals surface area contributed by atoms with Crippen molar-refractivity contribution in [1.29, 1.82) is 0 Å². The van der Waals surface area contributed by atoms with Gasteiger partial charge in [-0.1, -0.05) is 23.7 Å². The number of rotatable bonds is 4. The fourth-order valence-corrected chi connectivity index (χ4v) is 5.13. The highest BCUT2D eigenvalue weighted by molar-refractivity contribution is 7.89. The third-order valence-corrected chi connectivity index (χ3v) is 7.51. The molecule has 12 heteroatoms. The second kappa shape index (κ2) is 8.81. The molecule has 3 aromatic rings. The molecule has 4 rings (SSSR count). The Morgan fingerprint density at radius 2 is 1.61 bits per heavy atom. The molecule has 2 aromatic carbocycles. The number of aromatic nitrogens is 2. The van der Waals surface area contributed by atoms with E-state index in [9.17, 15) is 26.4 Å². The van der Waals surface area contributed by atoms with Crippen LogP contribution in [0.3, 0.4) is 0 Å². The first-order chi connectivity index (χ1) is 15.6. The van der Waals surface area contributed by atoms with E-state index in [1.807, 2.05) is 0 Å². The number of amides is 1. The van der Waals surface area contributed by atoms with Crippen molar-refractivity contribution in [1.82, 2.24) is 19.0 Å². The van der Waals surface area contributed by atoms with Crippen molar-refractivity contribution in [2.75, 3.05) is 26.2 Å². The summed E-state index contributed by atoms with van der Waals surface area (Å²) in [6, 6.07) is 10.4. The van der Waals surface area contributed by atoms with Crippen molar-refractivity contribution in [3.05, 3.63) is 77.1 Å². The van der Waals surface area contributed by atoms with Crippen molar-refractivity contribution in [3.63, 3.8) is 0 Å². The minimum Gasteiger partial charge on any atom is -0.336 e. The first-order valence-electron chi connectivity index (χ1n) is 9.83. The van der Waals surface area contributed by atoms with Crippen LogP contribution in [-0.4, -0.2) is 59.5 Å². The van der Waals surface area contributed by atoms with E-state index in [-0.39, 0.29) is 37.0 Å². The lowest BCUT2D eigenvalue weighted by Crippen LogP contribution is -2.50. The molecule has 0 spiro atoms. The number of carbonyl (C=O) groups is 1. The number of carbonyl (C=O) groups excluding carboxylic acids is 1. The number of hydrogen-bond donors (Lipinski definition) is 0. The number of nitrogens with zero attached hydrogens (tertiary/aromatic N) is 4. The molecule has 0 atom stereocenters. The standard InChI is InChI=1S/C21H18ClF3N4O3S/c22-18-3-1-2-4-19(18)29-14-15(13-26-29)20(30)27-9-11-28(12-10-27)33(31,32)17-7-5-16(6-8-17)21(23,24)25/h1-8,13-14H,9-12H2. The van der Waals surface area contributed by atoms with Gasteiger partial charge in [-0.2, -0.15) is 22.6 Å². The molecule has 1 aromatic heterocycles. The lowest BCUT2D eigenvalue weighted by molar-refractivity contribution is -0.137. The van der Waals surface area contributed by atoms with Crippen LogP contribution in [0.15, 0.2) is 65.8 Å². The molecule has 1 amide bonds. The summed E-state index contributed by atoms with van der Waals surface area (Å²) in [6.07, 6.45) is -1.58.